The van der Waals surface area contributed by atoms with E-state index in [1.807, 2.05) is 0 Å². The molecule has 3 aliphatic rings. The Hall–Kier alpha value is -0.810. The molecule has 0 spiro atoms. The number of nitrogens with zero attached hydrogens (tertiary/aromatic N) is 2. The smallest absolute Gasteiger partial charge is 0.409 e. The van der Waals surface area contributed by atoms with Crippen LogP contribution in [0.25, 0.3) is 0 Å². The SMILES string of the molecule is CN1C(=O)OCC2C1CC1(CO)CCCN21. The van der Waals surface area contributed by atoms with E-state index >= 15 is 0 Å². The van der Waals surface area contributed by atoms with Crippen molar-refractivity contribution in [2.45, 2.75) is 36.9 Å². The fraction of sp³-hybridized carbons (Fsp3) is 0.909. The summed E-state index contributed by atoms with van der Waals surface area (Å²) >= 11 is 0. The first-order chi connectivity index (χ1) is 7.68. The van der Waals surface area contributed by atoms with Crippen LogP contribution < -0.4 is 0 Å². The number of hydrogen-bond acceptors (Lipinski definition) is 4. The third-order valence-corrected chi connectivity index (χ3v) is 4.54. The summed E-state index contributed by atoms with van der Waals surface area (Å²) in [6.07, 6.45) is 2.84. The molecule has 0 radical (unpaired) electrons. The Kier molecular flexibility index (Phi) is 2.16. The number of amides is 1. The zero-order valence-corrected chi connectivity index (χ0v) is 9.56. The molecule has 0 aromatic carbocycles. The molecule has 5 heteroatoms. The van der Waals surface area contributed by atoms with Crippen molar-refractivity contribution in [1.82, 2.24) is 9.80 Å². The van der Waals surface area contributed by atoms with Crippen molar-refractivity contribution >= 4 is 6.09 Å². The number of aliphatic hydroxyl groups is 1. The highest BCUT2D eigenvalue weighted by atomic mass is 16.6. The minimum atomic E-state index is -0.226. The van der Waals surface area contributed by atoms with Gasteiger partial charge in [-0.15, -0.1) is 0 Å². The van der Waals surface area contributed by atoms with Crippen LogP contribution in [0.15, 0.2) is 0 Å². The Morgan fingerprint density at radius 1 is 1.56 bits per heavy atom. The Bertz CT molecular complexity index is 322. The van der Waals surface area contributed by atoms with Crippen molar-refractivity contribution in [3.05, 3.63) is 0 Å². The molecule has 3 saturated heterocycles. The highest BCUT2D eigenvalue weighted by Crippen LogP contribution is 2.44. The lowest BCUT2D eigenvalue weighted by Gasteiger charge is -2.37. The van der Waals surface area contributed by atoms with Crippen molar-refractivity contribution in [2.75, 3.05) is 26.8 Å². The molecule has 0 bridgehead atoms. The molecule has 3 aliphatic heterocycles. The third-order valence-electron chi connectivity index (χ3n) is 4.54. The second-order valence-electron chi connectivity index (χ2n) is 5.21. The summed E-state index contributed by atoms with van der Waals surface area (Å²) in [6.45, 7) is 1.70. The molecule has 3 rings (SSSR count). The molecule has 90 valence electrons. The summed E-state index contributed by atoms with van der Waals surface area (Å²) in [4.78, 5) is 15.5. The molecule has 1 N–H and O–H groups in total. The van der Waals surface area contributed by atoms with E-state index in [4.69, 9.17) is 4.74 Å². The lowest BCUT2D eigenvalue weighted by Crippen LogP contribution is -2.54. The fourth-order valence-electron chi connectivity index (χ4n) is 3.65. The van der Waals surface area contributed by atoms with Crippen LogP contribution in [0.5, 0.6) is 0 Å². The van der Waals surface area contributed by atoms with E-state index in [0.29, 0.717) is 6.61 Å². The molecular weight excluding hydrogens is 208 g/mol. The van der Waals surface area contributed by atoms with Gasteiger partial charge in [-0.3, -0.25) is 4.90 Å². The van der Waals surface area contributed by atoms with E-state index in [-0.39, 0.29) is 30.3 Å². The largest absolute Gasteiger partial charge is 0.448 e. The molecule has 0 aliphatic carbocycles. The van der Waals surface area contributed by atoms with Gasteiger partial charge in [-0.05, 0) is 25.8 Å². The molecule has 3 heterocycles. The van der Waals surface area contributed by atoms with E-state index in [9.17, 15) is 9.90 Å². The summed E-state index contributed by atoms with van der Waals surface area (Å²) < 4.78 is 5.17. The fourth-order valence-corrected chi connectivity index (χ4v) is 3.65. The van der Waals surface area contributed by atoms with Crippen LogP contribution >= 0.6 is 0 Å². The minimum Gasteiger partial charge on any atom is -0.448 e. The van der Waals surface area contributed by atoms with Crippen LogP contribution in [0, 0.1) is 0 Å². The number of likely N-dealkylation sites (N-methyl/N-ethyl adjacent to an activating group) is 1. The van der Waals surface area contributed by atoms with Crippen molar-refractivity contribution in [3.63, 3.8) is 0 Å². The topological polar surface area (TPSA) is 53.0 Å². The zero-order valence-electron chi connectivity index (χ0n) is 9.56. The van der Waals surface area contributed by atoms with E-state index in [1.54, 1.807) is 11.9 Å². The molecule has 5 nitrogen and oxygen atoms in total. The van der Waals surface area contributed by atoms with Crippen LogP contribution in [0.3, 0.4) is 0 Å². The van der Waals surface area contributed by atoms with E-state index in [2.05, 4.69) is 4.90 Å². The van der Waals surface area contributed by atoms with Gasteiger partial charge in [-0.1, -0.05) is 0 Å². The van der Waals surface area contributed by atoms with Gasteiger partial charge in [0.1, 0.15) is 6.61 Å². The molecule has 16 heavy (non-hydrogen) atoms. The number of ether oxygens (including phenoxy) is 1. The van der Waals surface area contributed by atoms with E-state index < -0.39 is 0 Å². The number of carbonyl (C=O) groups excluding carboxylic acids is 1. The van der Waals surface area contributed by atoms with Gasteiger partial charge in [0.2, 0.25) is 0 Å². The van der Waals surface area contributed by atoms with E-state index in [0.717, 1.165) is 25.8 Å². The number of fused-ring (bicyclic) bond motifs is 3. The molecule has 3 atom stereocenters. The molecule has 3 fully saturated rings. The average Bonchev–Trinajstić information content (AvgIpc) is 2.80. The van der Waals surface area contributed by atoms with Crippen LogP contribution in [0.2, 0.25) is 0 Å². The first-order valence-corrected chi connectivity index (χ1v) is 5.95. The quantitative estimate of drug-likeness (QED) is 0.685. The predicted octanol–water partition coefficient (Wildman–Crippen LogP) is 0.0362. The van der Waals surface area contributed by atoms with E-state index in [1.165, 1.54) is 0 Å². The Morgan fingerprint density at radius 3 is 3.12 bits per heavy atom. The molecule has 0 aromatic heterocycles. The summed E-state index contributed by atoms with van der Waals surface area (Å²) in [5, 5.41) is 9.64. The first-order valence-electron chi connectivity index (χ1n) is 5.95. The third kappa shape index (κ3) is 1.16. The Morgan fingerprint density at radius 2 is 2.38 bits per heavy atom. The number of hydrogen-bond donors (Lipinski definition) is 1. The molecule has 1 amide bonds. The number of cyclic esters (lactones) is 1. The summed E-state index contributed by atoms with van der Waals surface area (Å²) in [5.41, 5.74) is -0.0857. The Labute approximate surface area is 95.0 Å². The van der Waals surface area contributed by atoms with Gasteiger partial charge < -0.3 is 14.7 Å². The molecule has 3 unspecified atom stereocenters. The van der Waals surface area contributed by atoms with Crippen LogP contribution in [0.4, 0.5) is 4.79 Å². The molecule has 0 saturated carbocycles. The monoisotopic (exact) mass is 226 g/mol. The summed E-state index contributed by atoms with van der Waals surface area (Å²) in [7, 11) is 1.80. The number of carbonyl (C=O) groups is 1. The second kappa shape index (κ2) is 3.34. The normalized spacial score (nSPS) is 43.1. The minimum absolute atomic E-state index is 0.0857. The Balaban J connectivity index is 1.90. The van der Waals surface area contributed by atoms with Gasteiger partial charge in [0.25, 0.3) is 0 Å². The summed E-state index contributed by atoms with van der Waals surface area (Å²) in [6, 6.07) is 0.492. The van der Waals surface area contributed by atoms with Gasteiger partial charge in [-0.2, -0.15) is 0 Å². The van der Waals surface area contributed by atoms with Crippen LogP contribution in [-0.2, 0) is 4.74 Å². The summed E-state index contributed by atoms with van der Waals surface area (Å²) in [5.74, 6) is 0. The molecular formula is C11H18N2O3. The van der Waals surface area contributed by atoms with Crippen LogP contribution in [-0.4, -0.2) is 65.4 Å². The van der Waals surface area contributed by atoms with Crippen molar-refractivity contribution < 1.29 is 14.6 Å². The van der Waals surface area contributed by atoms with Gasteiger partial charge in [0, 0.05) is 12.6 Å². The van der Waals surface area contributed by atoms with Crippen LogP contribution in [0.1, 0.15) is 19.3 Å². The highest BCUT2D eigenvalue weighted by Gasteiger charge is 2.57. The predicted molar refractivity (Wildman–Crippen MR) is 57.1 cm³/mol. The van der Waals surface area contributed by atoms with Gasteiger partial charge in [0.05, 0.1) is 18.7 Å². The van der Waals surface area contributed by atoms with Gasteiger partial charge in [-0.25, -0.2) is 4.79 Å². The zero-order chi connectivity index (χ0) is 11.3. The average molecular weight is 226 g/mol. The van der Waals surface area contributed by atoms with Crippen molar-refractivity contribution in [3.8, 4) is 0 Å². The lowest BCUT2D eigenvalue weighted by atomic mass is 9.92. The maximum absolute atomic E-state index is 11.5. The van der Waals surface area contributed by atoms with Gasteiger partial charge in [0.15, 0.2) is 0 Å². The molecule has 0 aromatic rings. The van der Waals surface area contributed by atoms with Crippen molar-refractivity contribution in [1.29, 1.82) is 0 Å². The van der Waals surface area contributed by atoms with Crippen molar-refractivity contribution in [2.24, 2.45) is 0 Å². The standard InChI is InChI=1S/C11H18N2O3/c1-12-8-5-11(7-14)3-2-4-13(11)9(8)6-16-10(12)15/h8-9,14H,2-7H2,1H3. The highest BCUT2D eigenvalue weighted by molar-refractivity contribution is 5.69. The first kappa shape index (κ1) is 10.4. The maximum Gasteiger partial charge on any atom is 0.409 e. The number of rotatable bonds is 1. The second-order valence-corrected chi connectivity index (χ2v) is 5.21. The van der Waals surface area contributed by atoms with Gasteiger partial charge >= 0.3 is 6.09 Å². The lowest BCUT2D eigenvalue weighted by molar-refractivity contribution is 0.00866. The number of aliphatic hydroxyl groups excluding tert-OH is 1. The maximum atomic E-state index is 11.5.